The average Bonchev–Trinajstić information content (AvgIpc) is 2.46. The van der Waals surface area contributed by atoms with Crippen LogP contribution in [0.2, 0.25) is 0 Å². The summed E-state index contributed by atoms with van der Waals surface area (Å²) in [4.78, 5) is 15.3. The number of rotatable bonds is 4. The highest BCUT2D eigenvalue weighted by atomic mass is 19.4. The monoisotopic (exact) mass is 309 g/mol. The first kappa shape index (κ1) is 15.8. The van der Waals surface area contributed by atoms with E-state index in [1.54, 1.807) is 24.3 Å². The first-order chi connectivity index (χ1) is 10.4. The molecule has 0 fully saturated rings. The number of alkyl halides is 3. The first-order valence-corrected chi connectivity index (χ1v) is 6.48. The fourth-order valence-electron chi connectivity index (χ4n) is 1.86. The Hall–Kier alpha value is -2.57. The summed E-state index contributed by atoms with van der Waals surface area (Å²) in [5.41, 5.74) is 5.60. The topological polar surface area (TPSA) is 68.0 Å². The molecule has 116 valence electrons. The molecule has 1 amide bonds. The number of hydrogen-bond acceptors (Lipinski definition) is 3. The third kappa shape index (κ3) is 4.21. The molecule has 0 aliphatic carbocycles. The number of aromatic nitrogens is 1. The zero-order chi connectivity index (χ0) is 16.2. The van der Waals surface area contributed by atoms with E-state index in [4.69, 9.17) is 5.73 Å². The van der Waals surface area contributed by atoms with Gasteiger partial charge < -0.3 is 11.1 Å². The number of benzene rings is 1. The van der Waals surface area contributed by atoms with Crippen molar-refractivity contribution in [3.63, 3.8) is 0 Å². The highest BCUT2D eigenvalue weighted by molar-refractivity contribution is 5.78. The zero-order valence-corrected chi connectivity index (χ0v) is 11.5. The zero-order valence-electron chi connectivity index (χ0n) is 11.5. The Morgan fingerprint density at radius 1 is 1.23 bits per heavy atom. The van der Waals surface area contributed by atoms with Gasteiger partial charge in [0.05, 0.1) is 12.0 Å². The molecule has 3 N–H and O–H groups in total. The minimum Gasteiger partial charge on any atom is -0.383 e. The van der Waals surface area contributed by atoms with E-state index in [0.29, 0.717) is 6.20 Å². The first-order valence-electron chi connectivity index (χ1n) is 6.48. The Morgan fingerprint density at radius 2 is 1.91 bits per heavy atom. The molecule has 7 heteroatoms. The van der Waals surface area contributed by atoms with Gasteiger partial charge in [-0.05, 0) is 11.6 Å². The Balaban J connectivity index is 2.00. The third-order valence-corrected chi connectivity index (χ3v) is 3.01. The molecule has 0 radical (unpaired) electrons. The van der Waals surface area contributed by atoms with Crippen LogP contribution in [-0.2, 0) is 23.9 Å². The summed E-state index contributed by atoms with van der Waals surface area (Å²) >= 11 is 0. The van der Waals surface area contributed by atoms with Gasteiger partial charge in [-0.2, -0.15) is 13.2 Å². The molecule has 0 aliphatic rings. The minimum atomic E-state index is -4.50. The van der Waals surface area contributed by atoms with E-state index in [9.17, 15) is 18.0 Å². The predicted octanol–water partition coefficient (Wildman–Crippen LogP) is 2.54. The summed E-state index contributed by atoms with van der Waals surface area (Å²) in [6.45, 7) is -0.103. The van der Waals surface area contributed by atoms with Crippen LogP contribution in [0.3, 0.4) is 0 Å². The van der Waals surface area contributed by atoms with Crippen LogP contribution in [-0.4, -0.2) is 10.9 Å². The molecule has 1 aromatic heterocycles. The lowest BCUT2D eigenvalue weighted by Crippen LogP contribution is -2.25. The fraction of sp³-hybridized carbons (Fsp3) is 0.200. The maximum atomic E-state index is 12.6. The van der Waals surface area contributed by atoms with Crippen LogP contribution in [0, 0.1) is 0 Å². The number of nitrogens with two attached hydrogens (primary N) is 1. The number of carbonyl (C=O) groups is 1. The smallest absolute Gasteiger partial charge is 0.383 e. The van der Waals surface area contributed by atoms with Crippen LogP contribution < -0.4 is 11.1 Å². The van der Waals surface area contributed by atoms with E-state index >= 15 is 0 Å². The van der Waals surface area contributed by atoms with Crippen molar-refractivity contribution in [2.75, 3.05) is 5.73 Å². The van der Waals surface area contributed by atoms with Crippen LogP contribution in [0.1, 0.15) is 16.7 Å². The Labute approximate surface area is 125 Å². The summed E-state index contributed by atoms with van der Waals surface area (Å²) < 4.78 is 37.9. The molecule has 0 aliphatic heterocycles. The van der Waals surface area contributed by atoms with Crippen LogP contribution in [0.4, 0.5) is 19.0 Å². The van der Waals surface area contributed by atoms with Crippen LogP contribution >= 0.6 is 0 Å². The molecule has 4 nitrogen and oxygen atoms in total. The van der Waals surface area contributed by atoms with E-state index in [1.165, 1.54) is 0 Å². The number of pyridine rings is 1. The lowest BCUT2D eigenvalue weighted by Gasteiger charge is -2.11. The van der Waals surface area contributed by atoms with Gasteiger partial charge in [0.25, 0.3) is 0 Å². The van der Waals surface area contributed by atoms with Gasteiger partial charge >= 0.3 is 6.18 Å². The second-order valence-corrected chi connectivity index (χ2v) is 4.71. The largest absolute Gasteiger partial charge is 0.417 e. The van der Waals surface area contributed by atoms with Crippen LogP contribution in [0.25, 0.3) is 0 Å². The molecule has 0 bridgehead atoms. The standard InChI is InChI=1S/C15H14F3N3O/c16-15(17,18)12-7-11(14(19)21-9-12)8-20-13(22)6-10-4-2-1-3-5-10/h1-5,7,9H,6,8H2,(H2,19,21)(H,20,22). The van der Waals surface area contributed by atoms with E-state index in [2.05, 4.69) is 10.3 Å². The highest BCUT2D eigenvalue weighted by Crippen LogP contribution is 2.30. The second-order valence-electron chi connectivity index (χ2n) is 4.71. The molecule has 2 rings (SSSR count). The molecular formula is C15H14F3N3O. The number of halogens is 3. The molecule has 22 heavy (non-hydrogen) atoms. The molecule has 0 spiro atoms. The predicted molar refractivity (Wildman–Crippen MR) is 75.6 cm³/mol. The summed E-state index contributed by atoms with van der Waals surface area (Å²) in [6, 6.07) is 9.91. The van der Waals surface area contributed by atoms with Gasteiger partial charge in [-0.15, -0.1) is 0 Å². The Morgan fingerprint density at radius 3 is 2.55 bits per heavy atom. The third-order valence-electron chi connectivity index (χ3n) is 3.01. The molecule has 0 saturated carbocycles. The van der Waals surface area contributed by atoms with Crippen molar-refractivity contribution in [2.45, 2.75) is 19.1 Å². The summed E-state index contributed by atoms with van der Waals surface area (Å²) in [5, 5.41) is 2.54. The summed E-state index contributed by atoms with van der Waals surface area (Å²) in [7, 11) is 0. The number of nitrogens with one attached hydrogen (secondary N) is 1. The molecule has 2 aromatic rings. The van der Waals surface area contributed by atoms with Crippen molar-refractivity contribution in [3.8, 4) is 0 Å². The van der Waals surface area contributed by atoms with Gasteiger partial charge in [0, 0.05) is 18.3 Å². The molecule has 1 aromatic carbocycles. The van der Waals surface area contributed by atoms with E-state index < -0.39 is 11.7 Å². The molecule has 0 atom stereocenters. The van der Waals surface area contributed by atoms with Crippen molar-refractivity contribution < 1.29 is 18.0 Å². The van der Waals surface area contributed by atoms with Crippen molar-refractivity contribution in [1.29, 1.82) is 0 Å². The van der Waals surface area contributed by atoms with Gasteiger partial charge in [-0.25, -0.2) is 4.98 Å². The number of anilines is 1. The van der Waals surface area contributed by atoms with Gasteiger partial charge in [-0.3, -0.25) is 4.79 Å². The lowest BCUT2D eigenvalue weighted by atomic mass is 10.1. The lowest BCUT2D eigenvalue weighted by molar-refractivity contribution is -0.137. The summed E-state index contributed by atoms with van der Waals surface area (Å²) in [5.74, 6) is -0.337. The minimum absolute atomic E-state index is 0.0342. The van der Waals surface area contributed by atoms with E-state index in [0.717, 1.165) is 11.6 Å². The van der Waals surface area contributed by atoms with Gasteiger partial charge in [-0.1, -0.05) is 30.3 Å². The van der Waals surface area contributed by atoms with Crippen molar-refractivity contribution in [2.24, 2.45) is 0 Å². The van der Waals surface area contributed by atoms with Crippen molar-refractivity contribution >= 4 is 11.7 Å². The Bertz CT molecular complexity index is 657. The van der Waals surface area contributed by atoms with Crippen LogP contribution in [0.5, 0.6) is 0 Å². The SMILES string of the molecule is Nc1ncc(C(F)(F)F)cc1CNC(=O)Cc1ccccc1. The maximum Gasteiger partial charge on any atom is 0.417 e. The van der Waals surface area contributed by atoms with E-state index in [1.807, 2.05) is 6.07 Å². The number of nitrogen functional groups attached to an aromatic ring is 1. The van der Waals surface area contributed by atoms with Gasteiger partial charge in [0.1, 0.15) is 5.82 Å². The molecule has 0 saturated heterocycles. The highest BCUT2D eigenvalue weighted by Gasteiger charge is 2.31. The van der Waals surface area contributed by atoms with Crippen molar-refractivity contribution in [1.82, 2.24) is 10.3 Å². The van der Waals surface area contributed by atoms with Gasteiger partial charge in [0.2, 0.25) is 5.91 Å². The number of nitrogens with zero attached hydrogens (tertiary/aromatic N) is 1. The maximum absolute atomic E-state index is 12.6. The number of hydrogen-bond donors (Lipinski definition) is 2. The summed E-state index contributed by atoms with van der Waals surface area (Å²) in [6.07, 6.45) is -3.68. The van der Waals surface area contributed by atoms with Gasteiger partial charge in [0.15, 0.2) is 0 Å². The molecule has 0 unspecified atom stereocenters. The van der Waals surface area contributed by atoms with Crippen LogP contribution in [0.15, 0.2) is 42.6 Å². The number of amides is 1. The molecule has 1 heterocycles. The fourth-order valence-corrected chi connectivity index (χ4v) is 1.86. The average molecular weight is 309 g/mol. The quantitative estimate of drug-likeness (QED) is 0.912. The molecular weight excluding hydrogens is 295 g/mol. The van der Waals surface area contributed by atoms with E-state index in [-0.39, 0.29) is 30.3 Å². The number of carbonyl (C=O) groups excluding carboxylic acids is 1. The second kappa shape index (κ2) is 6.46. The van der Waals surface area contributed by atoms with Crippen molar-refractivity contribution in [3.05, 3.63) is 59.3 Å². The normalized spacial score (nSPS) is 11.2. The Kier molecular flexibility index (Phi) is 4.65.